The lowest BCUT2D eigenvalue weighted by Crippen LogP contribution is -2.35. The Morgan fingerprint density at radius 3 is 2.85 bits per heavy atom. The first-order valence-electron chi connectivity index (χ1n) is 8.88. The molecule has 0 unspecified atom stereocenters. The van der Waals surface area contributed by atoms with Crippen molar-refractivity contribution in [3.63, 3.8) is 0 Å². The van der Waals surface area contributed by atoms with Gasteiger partial charge in [0, 0.05) is 24.9 Å². The number of β-amino-alcohol motifs (C(OH)–C–C–N with tert-alkyl or cyclic N) is 1. The molecule has 4 rings (SSSR count). The van der Waals surface area contributed by atoms with Gasteiger partial charge < -0.3 is 20.1 Å². The van der Waals surface area contributed by atoms with Crippen molar-refractivity contribution in [2.24, 2.45) is 0 Å². The zero-order chi connectivity index (χ0) is 18.8. The van der Waals surface area contributed by atoms with E-state index in [1.54, 1.807) is 0 Å². The lowest BCUT2D eigenvalue weighted by Gasteiger charge is -2.25. The first kappa shape index (κ1) is 17.7. The SMILES string of the molecule is O=C1C=C(Nc2ccc3nc(CN4CCOCC4)[nH]c3c2)C(=O)N1CCO. The highest BCUT2D eigenvalue weighted by Crippen LogP contribution is 2.21. The molecular weight excluding hydrogens is 350 g/mol. The van der Waals surface area contributed by atoms with Crippen LogP contribution in [0.4, 0.5) is 5.69 Å². The Hall–Kier alpha value is -2.75. The third kappa shape index (κ3) is 3.70. The zero-order valence-electron chi connectivity index (χ0n) is 14.8. The van der Waals surface area contributed by atoms with Gasteiger partial charge in [-0.05, 0) is 18.2 Å². The number of aromatic nitrogens is 2. The molecule has 0 aliphatic carbocycles. The van der Waals surface area contributed by atoms with E-state index in [4.69, 9.17) is 9.84 Å². The van der Waals surface area contributed by atoms with Crippen LogP contribution in [0.2, 0.25) is 0 Å². The Labute approximate surface area is 155 Å². The topological polar surface area (TPSA) is 111 Å². The van der Waals surface area contributed by atoms with Gasteiger partial charge in [-0.1, -0.05) is 0 Å². The van der Waals surface area contributed by atoms with Crippen LogP contribution in [0.1, 0.15) is 5.82 Å². The van der Waals surface area contributed by atoms with E-state index in [0.29, 0.717) is 5.69 Å². The summed E-state index contributed by atoms with van der Waals surface area (Å²) in [5.74, 6) is 0.0169. The minimum Gasteiger partial charge on any atom is -0.395 e. The number of H-pyrrole nitrogens is 1. The molecule has 1 aromatic carbocycles. The molecule has 0 atom stereocenters. The van der Waals surface area contributed by atoms with Gasteiger partial charge in [0.2, 0.25) is 0 Å². The first-order chi connectivity index (χ1) is 13.1. The van der Waals surface area contributed by atoms with Crippen LogP contribution >= 0.6 is 0 Å². The highest BCUT2D eigenvalue weighted by atomic mass is 16.5. The number of nitrogens with one attached hydrogen (secondary N) is 2. The zero-order valence-corrected chi connectivity index (χ0v) is 14.8. The largest absolute Gasteiger partial charge is 0.395 e. The van der Waals surface area contributed by atoms with E-state index in [-0.39, 0.29) is 18.8 Å². The van der Waals surface area contributed by atoms with Crippen molar-refractivity contribution in [3.05, 3.63) is 35.8 Å². The van der Waals surface area contributed by atoms with Crippen LogP contribution in [0, 0.1) is 0 Å². The maximum Gasteiger partial charge on any atom is 0.277 e. The van der Waals surface area contributed by atoms with Crippen LogP contribution in [-0.4, -0.2) is 76.1 Å². The Balaban J connectivity index is 1.48. The lowest BCUT2D eigenvalue weighted by atomic mass is 10.2. The van der Waals surface area contributed by atoms with Crippen molar-refractivity contribution in [2.45, 2.75) is 6.54 Å². The number of imide groups is 1. The minimum absolute atomic E-state index is 0.0101. The van der Waals surface area contributed by atoms with Crippen molar-refractivity contribution in [3.8, 4) is 0 Å². The van der Waals surface area contributed by atoms with Gasteiger partial charge in [-0.3, -0.25) is 19.4 Å². The molecule has 0 spiro atoms. The number of benzene rings is 1. The van der Waals surface area contributed by atoms with Gasteiger partial charge in [0.05, 0.1) is 43.9 Å². The molecule has 142 valence electrons. The predicted molar refractivity (Wildman–Crippen MR) is 97.7 cm³/mol. The van der Waals surface area contributed by atoms with E-state index >= 15 is 0 Å². The van der Waals surface area contributed by atoms with Crippen molar-refractivity contribution in [2.75, 3.05) is 44.8 Å². The second kappa shape index (κ2) is 7.47. The van der Waals surface area contributed by atoms with E-state index in [1.807, 2.05) is 18.2 Å². The number of nitrogens with zero attached hydrogens (tertiary/aromatic N) is 3. The van der Waals surface area contributed by atoms with Crippen molar-refractivity contribution in [1.82, 2.24) is 19.8 Å². The third-order valence-corrected chi connectivity index (χ3v) is 4.62. The van der Waals surface area contributed by atoms with Gasteiger partial charge in [-0.2, -0.15) is 0 Å². The lowest BCUT2D eigenvalue weighted by molar-refractivity contribution is -0.137. The summed E-state index contributed by atoms with van der Waals surface area (Å²) in [4.78, 5) is 35.3. The fourth-order valence-electron chi connectivity index (χ4n) is 3.25. The number of aromatic amines is 1. The van der Waals surface area contributed by atoms with Crippen LogP contribution in [0.25, 0.3) is 11.0 Å². The standard InChI is InChI=1S/C18H21N5O4/c24-6-3-23-17(25)10-15(18(23)26)19-12-1-2-13-14(9-12)21-16(20-13)11-22-4-7-27-8-5-22/h1-2,9-10,19,24H,3-8,11H2,(H,20,21). The molecule has 3 heterocycles. The Bertz CT molecular complexity index is 900. The summed E-state index contributed by atoms with van der Waals surface area (Å²) in [5, 5.41) is 12.0. The fraction of sp³-hybridized carbons (Fsp3) is 0.389. The molecular formula is C18H21N5O4. The Kier molecular flexibility index (Phi) is 4.88. The van der Waals surface area contributed by atoms with Crippen LogP contribution in [0.3, 0.4) is 0 Å². The van der Waals surface area contributed by atoms with Crippen LogP contribution in [-0.2, 0) is 20.9 Å². The van der Waals surface area contributed by atoms with Gasteiger partial charge in [-0.25, -0.2) is 4.98 Å². The molecule has 0 radical (unpaired) electrons. The fourth-order valence-corrected chi connectivity index (χ4v) is 3.25. The van der Waals surface area contributed by atoms with E-state index in [0.717, 1.165) is 54.6 Å². The molecule has 2 aromatic rings. The number of imidazole rings is 1. The molecule has 2 aliphatic heterocycles. The summed E-state index contributed by atoms with van der Waals surface area (Å²) in [7, 11) is 0. The number of hydrogen-bond acceptors (Lipinski definition) is 7. The Morgan fingerprint density at radius 1 is 1.26 bits per heavy atom. The number of amides is 2. The van der Waals surface area contributed by atoms with Crippen molar-refractivity contribution in [1.29, 1.82) is 0 Å². The van der Waals surface area contributed by atoms with Gasteiger partial charge in [0.25, 0.3) is 11.8 Å². The van der Waals surface area contributed by atoms with Gasteiger partial charge in [0.15, 0.2) is 0 Å². The van der Waals surface area contributed by atoms with E-state index in [1.165, 1.54) is 6.08 Å². The number of aliphatic hydroxyl groups is 1. The molecule has 3 N–H and O–H groups in total. The average Bonchev–Trinajstić information content (AvgIpc) is 3.18. The van der Waals surface area contributed by atoms with Crippen LogP contribution in [0.5, 0.6) is 0 Å². The third-order valence-electron chi connectivity index (χ3n) is 4.62. The number of aliphatic hydroxyl groups excluding tert-OH is 1. The molecule has 0 bridgehead atoms. The molecule has 2 aliphatic rings. The van der Waals surface area contributed by atoms with Crippen molar-refractivity contribution < 1.29 is 19.4 Å². The number of fused-ring (bicyclic) bond motifs is 1. The molecule has 1 fully saturated rings. The van der Waals surface area contributed by atoms with Gasteiger partial charge in [0.1, 0.15) is 11.5 Å². The van der Waals surface area contributed by atoms with E-state index < -0.39 is 11.8 Å². The predicted octanol–water partition coefficient (Wildman–Crippen LogP) is 0.0520. The maximum atomic E-state index is 12.2. The molecule has 1 saturated heterocycles. The summed E-state index contributed by atoms with van der Waals surface area (Å²) in [6, 6.07) is 5.54. The van der Waals surface area contributed by atoms with Crippen molar-refractivity contribution >= 4 is 28.5 Å². The van der Waals surface area contributed by atoms with E-state index in [2.05, 4.69) is 20.2 Å². The quantitative estimate of drug-likeness (QED) is 0.616. The molecule has 1 aromatic heterocycles. The second-order valence-electron chi connectivity index (χ2n) is 6.51. The Morgan fingerprint density at radius 2 is 2.07 bits per heavy atom. The van der Waals surface area contributed by atoms with Crippen LogP contribution in [0.15, 0.2) is 30.0 Å². The second-order valence-corrected chi connectivity index (χ2v) is 6.51. The molecule has 9 nitrogen and oxygen atoms in total. The number of carbonyl (C=O) groups excluding carboxylic acids is 2. The highest BCUT2D eigenvalue weighted by Gasteiger charge is 2.30. The number of carbonyl (C=O) groups is 2. The summed E-state index contributed by atoms with van der Waals surface area (Å²) >= 11 is 0. The number of hydrogen-bond donors (Lipinski definition) is 3. The van der Waals surface area contributed by atoms with E-state index in [9.17, 15) is 9.59 Å². The summed E-state index contributed by atoms with van der Waals surface area (Å²) in [5.41, 5.74) is 2.57. The number of ether oxygens (including phenoxy) is 1. The minimum atomic E-state index is -0.438. The van der Waals surface area contributed by atoms with Gasteiger partial charge >= 0.3 is 0 Å². The molecule has 9 heteroatoms. The maximum absolute atomic E-state index is 12.2. The normalized spacial score (nSPS) is 18.4. The average molecular weight is 371 g/mol. The summed E-state index contributed by atoms with van der Waals surface area (Å²) < 4.78 is 5.36. The van der Waals surface area contributed by atoms with Crippen LogP contribution < -0.4 is 5.32 Å². The highest BCUT2D eigenvalue weighted by molar-refractivity contribution is 6.17. The number of rotatable bonds is 6. The smallest absolute Gasteiger partial charge is 0.277 e. The molecule has 2 amide bonds. The number of anilines is 1. The number of morpholine rings is 1. The summed E-state index contributed by atoms with van der Waals surface area (Å²) in [6.45, 7) is 3.72. The monoisotopic (exact) mass is 371 g/mol. The van der Waals surface area contributed by atoms with Gasteiger partial charge in [-0.15, -0.1) is 0 Å². The first-order valence-corrected chi connectivity index (χ1v) is 8.88. The summed E-state index contributed by atoms with van der Waals surface area (Å²) in [6.07, 6.45) is 1.25. The molecule has 27 heavy (non-hydrogen) atoms. The molecule has 0 saturated carbocycles.